The number of rotatable bonds is 4. The van der Waals surface area contributed by atoms with Crippen molar-refractivity contribution in [1.29, 1.82) is 5.26 Å². The number of hydrogen-bond donors (Lipinski definition) is 1. The zero-order valence-corrected chi connectivity index (χ0v) is 9.19. The zero-order chi connectivity index (χ0) is 11.3. The number of benzene rings is 1. The van der Waals surface area contributed by atoms with Gasteiger partial charge in [-0.25, -0.2) is 0 Å². The van der Waals surface area contributed by atoms with Crippen LogP contribution in [-0.2, 0) is 4.79 Å². The first-order valence-corrected chi connectivity index (χ1v) is 4.98. The average Bonchev–Trinajstić information content (AvgIpc) is 2.28. The molecule has 1 aromatic carbocycles. The van der Waals surface area contributed by atoms with Crippen LogP contribution in [0.5, 0.6) is 0 Å². The van der Waals surface area contributed by atoms with Gasteiger partial charge < -0.3 is 5.32 Å². The molecule has 1 rings (SSSR count). The highest BCUT2D eigenvalue weighted by molar-refractivity contribution is 9.10. The molecule has 1 aromatic rings. The summed E-state index contributed by atoms with van der Waals surface area (Å²) in [6.45, 7) is 0. The van der Waals surface area contributed by atoms with Crippen molar-refractivity contribution in [1.82, 2.24) is 5.32 Å². The molecule has 0 fully saturated rings. The minimum atomic E-state index is -0.760. The van der Waals surface area contributed by atoms with Gasteiger partial charge in [0.2, 0.25) is 6.41 Å². The molecule has 0 spiro atoms. The van der Waals surface area contributed by atoms with Gasteiger partial charge in [0.25, 0.3) is 0 Å². The Morgan fingerprint density at radius 2 is 2.33 bits per heavy atom. The summed E-state index contributed by atoms with van der Waals surface area (Å²) < 4.78 is 0. The van der Waals surface area contributed by atoms with Gasteiger partial charge in [-0.2, -0.15) is 5.26 Å². The molecule has 0 aliphatic carbocycles. The lowest BCUT2D eigenvalue weighted by atomic mass is 10.1. The van der Waals surface area contributed by atoms with Crippen LogP contribution in [0.2, 0.25) is 0 Å². The lowest BCUT2D eigenvalue weighted by Gasteiger charge is -2.06. The number of amides is 1. The smallest absolute Gasteiger partial charge is 0.208 e. The summed E-state index contributed by atoms with van der Waals surface area (Å²) in [5.41, 5.74) is 0.789. The maximum Gasteiger partial charge on any atom is 0.208 e. The number of nitrogens with one attached hydrogen (secondary N) is 1. The van der Waals surface area contributed by atoms with Crippen molar-refractivity contribution in [2.75, 3.05) is 0 Å². The van der Waals surface area contributed by atoms with E-state index in [2.05, 4.69) is 21.2 Å². The van der Waals surface area contributed by atoms with Crippen LogP contribution in [0.3, 0.4) is 0 Å². The number of nitriles is 1. The van der Waals surface area contributed by atoms with Crippen LogP contribution in [0, 0.1) is 11.3 Å². The van der Waals surface area contributed by atoms with Crippen LogP contribution in [0.4, 0.5) is 0 Å². The van der Waals surface area contributed by atoms with E-state index in [0.29, 0.717) is 17.5 Å². The Hall–Kier alpha value is -1.67. The highest BCUT2D eigenvalue weighted by Crippen LogP contribution is 2.09. The Kier molecular flexibility index (Phi) is 4.01. The molecule has 0 aliphatic heterocycles. The fourth-order valence-electron chi connectivity index (χ4n) is 1.02. The second-order valence-electron chi connectivity index (χ2n) is 2.70. The maximum atomic E-state index is 11.6. The Balaban J connectivity index is 2.91. The van der Waals surface area contributed by atoms with E-state index in [1.54, 1.807) is 18.2 Å². The van der Waals surface area contributed by atoms with Crippen molar-refractivity contribution in [3.63, 3.8) is 0 Å². The van der Waals surface area contributed by atoms with E-state index in [1.165, 1.54) is 6.07 Å². The molecule has 1 atom stereocenters. The van der Waals surface area contributed by atoms with Gasteiger partial charge in [0.05, 0.1) is 11.6 Å². The molecule has 0 radical (unpaired) electrons. The van der Waals surface area contributed by atoms with Crippen molar-refractivity contribution < 1.29 is 9.59 Å². The quantitative estimate of drug-likeness (QED) is 0.386. The third-order valence-corrected chi connectivity index (χ3v) is 2.40. The standard InChI is InChI=1S/C10H7BrN2O2/c11-10(13-6-14)9(15)8-3-1-2-7(4-8)5-12/h1-4,6,10H,(H,13,14). The van der Waals surface area contributed by atoms with Crippen molar-refractivity contribution in [2.24, 2.45) is 0 Å². The molecule has 0 saturated carbocycles. The molecule has 1 N–H and O–H groups in total. The van der Waals surface area contributed by atoms with E-state index >= 15 is 0 Å². The van der Waals surface area contributed by atoms with Gasteiger partial charge in [-0.15, -0.1) is 0 Å². The lowest BCUT2D eigenvalue weighted by Crippen LogP contribution is -2.30. The van der Waals surface area contributed by atoms with E-state index in [9.17, 15) is 9.59 Å². The summed E-state index contributed by atoms with van der Waals surface area (Å²) in [6.07, 6.45) is 0.436. The first-order valence-electron chi connectivity index (χ1n) is 4.07. The van der Waals surface area contributed by atoms with Gasteiger partial charge in [-0.05, 0) is 12.1 Å². The number of alkyl halides is 1. The van der Waals surface area contributed by atoms with Gasteiger partial charge in [-0.1, -0.05) is 28.1 Å². The molecule has 5 heteroatoms. The summed E-state index contributed by atoms with van der Waals surface area (Å²) in [7, 11) is 0. The number of carbonyl (C=O) groups is 2. The van der Waals surface area contributed by atoms with Gasteiger partial charge >= 0.3 is 0 Å². The van der Waals surface area contributed by atoms with Gasteiger partial charge in [0, 0.05) is 5.56 Å². The Labute approximate surface area is 95.0 Å². The normalized spacial score (nSPS) is 11.2. The molecule has 0 bridgehead atoms. The van der Waals surface area contributed by atoms with E-state index in [1.807, 2.05) is 6.07 Å². The number of halogens is 1. The van der Waals surface area contributed by atoms with Crippen LogP contribution < -0.4 is 5.32 Å². The number of ketones is 1. The largest absolute Gasteiger partial charge is 0.339 e. The van der Waals surface area contributed by atoms with Crippen LogP contribution in [0.25, 0.3) is 0 Å². The molecule has 1 amide bonds. The van der Waals surface area contributed by atoms with Gasteiger partial charge in [0.1, 0.15) is 4.95 Å². The third kappa shape index (κ3) is 2.89. The molecule has 0 aliphatic rings. The van der Waals surface area contributed by atoms with E-state index < -0.39 is 4.95 Å². The molecule has 1 unspecified atom stereocenters. The Bertz CT molecular complexity index is 426. The van der Waals surface area contributed by atoms with Gasteiger partial charge in [-0.3, -0.25) is 9.59 Å². The Morgan fingerprint density at radius 3 is 2.93 bits per heavy atom. The molecule has 0 heterocycles. The SMILES string of the molecule is N#Cc1cccc(C(=O)C(Br)NC=O)c1. The minimum absolute atomic E-state index is 0.292. The molecular weight excluding hydrogens is 260 g/mol. The van der Waals surface area contributed by atoms with Crippen LogP contribution >= 0.6 is 15.9 Å². The molecule has 0 aromatic heterocycles. The van der Waals surface area contributed by atoms with Crippen molar-refractivity contribution in [3.8, 4) is 6.07 Å². The number of carbonyl (C=O) groups excluding carboxylic acids is 2. The zero-order valence-electron chi connectivity index (χ0n) is 7.61. The van der Waals surface area contributed by atoms with Crippen molar-refractivity contribution >= 4 is 28.1 Å². The number of Topliss-reactive ketones (excluding diaryl/α,β-unsaturated/α-hetero) is 1. The molecule has 15 heavy (non-hydrogen) atoms. The summed E-state index contributed by atoms with van der Waals surface area (Å²) in [4.78, 5) is 21.0. The number of hydrogen-bond acceptors (Lipinski definition) is 3. The average molecular weight is 267 g/mol. The molecule has 76 valence electrons. The first-order chi connectivity index (χ1) is 7.19. The van der Waals surface area contributed by atoms with E-state index in [0.717, 1.165) is 0 Å². The van der Waals surface area contributed by atoms with Crippen molar-refractivity contribution in [3.05, 3.63) is 35.4 Å². The van der Waals surface area contributed by atoms with Crippen LogP contribution in [0.15, 0.2) is 24.3 Å². The topological polar surface area (TPSA) is 70.0 Å². The summed E-state index contributed by atoms with van der Waals surface area (Å²) in [5, 5.41) is 10.9. The number of nitrogens with zero attached hydrogens (tertiary/aromatic N) is 1. The van der Waals surface area contributed by atoms with E-state index in [4.69, 9.17) is 5.26 Å². The lowest BCUT2D eigenvalue weighted by molar-refractivity contribution is -0.109. The fourth-order valence-corrected chi connectivity index (χ4v) is 1.40. The maximum absolute atomic E-state index is 11.6. The third-order valence-electron chi connectivity index (χ3n) is 1.72. The highest BCUT2D eigenvalue weighted by atomic mass is 79.9. The highest BCUT2D eigenvalue weighted by Gasteiger charge is 2.15. The van der Waals surface area contributed by atoms with Crippen molar-refractivity contribution in [2.45, 2.75) is 4.95 Å². The summed E-state index contributed by atoms with van der Waals surface area (Å²) in [6, 6.07) is 8.22. The van der Waals surface area contributed by atoms with Gasteiger partial charge in [0.15, 0.2) is 5.78 Å². The van der Waals surface area contributed by atoms with Crippen LogP contribution in [-0.4, -0.2) is 17.1 Å². The predicted molar refractivity (Wildman–Crippen MR) is 57.4 cm³/mol. The molecule has 4 nitrogen and oxygen atoms in total. The second kappa shape index (κ2) is 5.27. The predicted octanol–water partition coefficient (Wildman–Crippen LogP) is 1.21. The molecule has 0 saturated heterocycles. The summed E-state index contributed by atoms with van der Waals surface area (Å²) in [5.74, 6) is -0.292. The Morgan fingerprint density at radius 1 is 1.60 bits per heavy atom. The monoisotopic (exact) mass is 266 g/mol. The second-order valence-corrected chi connectivity index (χ2v) is 3.62. The molecular formula is C10H7BrN2O2. The van der Waals surface area contributed by atoms with Crippen LogP contribution in [0.1, 0.15) is 15.9 Å². The first kappa shape index (κ1) is 11.4. The van der Waals surface area contributed by atoms with E-state index in [-0.39, 0.29) is 5.78 Å². The summed E-state index contributed by atoms with van der Waals surface area (Å²) >= 11 is 3.01. The minimum Gasteiger partial charge on any atom is -0.339 e. The fraction of sp³-hybridized carbons (Fsp3) is 0.100.